The number of allylic oxidation sites excluding steroid dienone is 1. The second kappa shape index (κ2) is 4.46. The molecule has 1 aromatic rings. The predicted octanol–water partition coefficient (Wildman–Crippen LogP) is 2.08. The molecule has 1 aliphatic heterocycles. The number of thioether (sulfide) groups is 1. The molecule has 3 nitrogen and oxygen atoms in total. The van der Waals surface area contributed by atoms with Gasteiger partial charge in [0, 0.05) is 16.5 Å². The highest BCUT2D eigenvalue weighted by atomic mass is 32.2. The number of fused-ring (bicyclic) bond motifs is 1. The summed E-state index contributed by atoms with van der Waals surface area (Å²) in [5, 5.41) is 14.6. The standard InChI is InChI=1S/C10H7NO2S2/c12-10(13)7-4-9-8(11-5-7)6-14-2-1-3-15-9/h1-6H,(H,12,13)/b3-1-. The summed E-state index contributed by atoms with van der Waals surface area (Å²) in [6.45, 7) is 0. The highest BCUT2D eigenvalue weighted by Gasteiger charge is 2.08. The first-order chi connectivity index (χ1) is 7.27. The van der Waals surface area contributed by atoms with Crippen LogP contribution in [0.2, 0.25) is 0 Å². The molecule has 0 radical (unpaired) electrons. The SMILES string of the molecule is O=C(O)c1cnc2c(c1)S/C=C\C=S=C2. The van der Waals surface area contributed by atoms with Crippen molar-refractivity contribution in [2.45, 2.75) is 4.90 Å². The second-order valence-corrected chi connectivity index (χ2v) is 4.48. The fourth-order valence-corrected chi connectivity index (χ4v) is 2.52. The largest absolute Gasteiger partial charge is 0.478 e. The molecule has 0 saturated heterocycles. The topological polar surface area (TPSA) is 50.2 Å². The molecular formula is C10H7NO2S2. The molecule has 15 heavy (non-hydrogen) atoms. The van der Waals surface area contributed by atoms with E-state index in [1.807, 2.05) is 22.2 Å². The van der Waals surface area contributed by atoms with E-state index in [4.69, 9.17) is 5.11 Å². The Labute approximate surface area is 94.4 Å². The van der Waals surface area contributed by atoms with Crippen molar-refractivity contribution in [3.05, 3.63) is 35.0 Å². The lowest BCUT2D eigenvalue weighted by Gasteiger charge is -2.03. The van der Waals surface area contributed by atoms with Crippen molar-refractivity contribution >= 4 is 39.4 Å². The van der Waals surface area contributed by atoms with Gasteiger partial charge >= 0.3 is 5.97 Å². The van der Waals surface area contributed by atoms with Crippen LogP contribution in [0.25, 0.3) is 0 Å². The summed E-state index contributed by atoms with van der Waals surface area (Å²) in [7, 11) is 1.53. The van der Waals surface area contributed by atoms with Crippen LogP contribution >= 0.6 is 22.7 Å². The van der Waals surface area contributed by atoms with Gasteiger partial charge in [0.1, 0.15) is 0 Å². The lowest BCUT2D eigenvalue weighted by atomic mass is 10.2. The summed E-state index contributed by atoms with van der Waals surface area (Å²) in [5.74, 6) is -0.948. The first-order valence-electron chi connectivity index (χ1n) is 4.14. The molecule has 0 spiro atoms. The van der Waals surface area contributed by atoms with E-state index < -0.39 is 5.97 Å². The number of hydrogen-bond acceptors (Lipinski definition) is 3. The van der Waals surface area contributed by atoms with Gasteiger partial charge in [0.25, 0.3) is 0 Å². The Morgan fingerprint density at radius 1 is 1.47 bits per heavy atom. The van der Waals surface area contributed by atoms with Crippen LogP contribution in [0, 0.1) is 0 Å². The number of carboxylic acids is 1. The Bertz CT molecular complexity index is 502. The number of rotatable bonds is 1. The zero-order valence-electron chi connectivity index (χ0n) is 7.58. The summed E-state index contributed by atoms with van der Waals surface area (Å²) in [6, 6.07) is 1.64. The maximum atomic E-state index is 10.8. The van der Waals surface area contributed by atoms with Gasteiger partial charge in [0.05, 0.1) is 11.3 Å². The van der Waals surface area contributed by atoms with Crippen molar-refractivity contribution in [2.24, 2.45) is 0 Å². The number of aromatic carboxylic acids is 1. The van der Waals surface area contributed by atoms with Crippen LogP contribution < -0.4 is 0 Å². The predicted molar refractivity (Wildman–Crippen MR) is 65.0 cm³/mol. The molecule has 76 valence electrons. The Morgan fingerprint density at radius 3 is 3.13 bits per heavy atom. The zero-order chi connectivity index (χ0) is 10.7. The van der Waals surface area contributed by atoms with Crippen LogP contribution in [0.15, 0.2) is 28.6 Å². The van der Waals surface area contributed by atoms with Gasteiger partial charge < -0.3 is 5.11 Å². The molecule has 0 saturated carbocycles. The number of pyridine rings is 1. The van der Waals surface area contributed by atoms with E-state index in [1.165, 1.54) is 28.9 Å². The van der Waals surface area contributed by atoms with Gasteiger partial charge in [-0.1, -0.05) is 11.8 Å². The third-order valence-corrected chi connectivity index (χ3v) is 3.29. The summed E-state index contributed by atoms with van der Waals surface area (Å²) in [5.41, 5.74) is 1.04. The van der Waals surface area contributed by atoms with Gasteiger partial charge in [-0.3, -0.25) is 4.98 Å². The van der Waals surface area contributed by atoms with E-state index in [1.54, 1.807) is 6.07 Å². The average Bonchev–Trinajstić information content (AvgIpc) is 2.18. The van der Waals surface area contributed by atoms with E-state index in [2.05, 4.69) is 4.98 Å². The molecule has 1 aromatic heterocycles. The summed E-state index contributed by atoms with van der Waals surface area (Å²) in [4.78, 5) is 15.7. The maximum absolute atomic E-state index is 10.8. The molecule has 1 N–H and O–H groups in total. The van der Waals surface area contributed by atoms with Crippen molar-refractivity contribution in [1.82, 2.24) is 4.98 Å². The number of carbonyl (C=O) groups is 1. The van der Waals surface area contributed by atoms with E-state index >= 15 is 0 Å². The molecule has 5 heteroatoms. The Balaban J connectivity index is 2.52. The highest BCUT2D eigenvalue weighted by Crippen LogP contribution is 2.23. The number of nitrogens with zero attached hydrogens (tertiary/aromatic N) is 1. The van der Waals surface area contributed by atoms with E-state index in [0.717, 1.165) is 10.6 Å². The van der Waals surface area contributed by atoms with E-state index in [-0.39, 0.29) is 5.56 Å². The second-order valence-electron chi connectivity index (χ2n) is 2.75. The van der Waals surface area contributed by atoms with Gasteiger partial charge in [-0.25, -0.2) is 4.79 Å². The molecule has 0 amide bonds. The fraction of sp³-hybridized carbons (Fsp3) is 0. The van der Waals surface area contributed by atoms with Crippen LogP contribution in [0.4, 0.5) is 0 Å². The molecule has 0 atom stereocenters. The summed E-state index contributed by atoms with van der Waals surface area (Å²) < 4.78 is 0. The van der Waals surface area contributed by atoms with Crippen LogP contribution in [0.5, 0.6) is 0 Å². The van der Waals surface area contributed by atoms with E-state index in [9.17, 15) is 4.79 Å². The van der Waals surface area contributed by atoms with Crippen molar-refractivity contribution in [1.29, 1.82) is 0 Å². The van der Waals surface area contributed by atoms with Gasteiger partial charge in [-0.2, -0.15) is 10.9 Å². The number of aromatic nitrogens is 1. The van der Waals surface area contributed by atoms with Crippen molar-refractivity contribution < 1.29 is 9.90 Å². The van der Waals surface area contributed by atoms with Crippen LogP contribution in [0.3, 0.4) is 0 Å². The molecule has 2 rings (SSSR count). The minimum atomic E-state index is -0.948. The van der Waals surface area contributed by atoms with Gasteiger partial charge in [-0.15, -0.1) is 0 Å². The highest BCUT2D eigenvalue weighted by molar-refractivity contribution is 8.02. The Morgan fingerprint density at radius 2 is 2.33 bits per heavy atom. The van der Waals surface area contributed by atoms with Gasteiger partial charge in [-0.05, 0) is 22.9 Å². The minimum Gasteiger partial charge on any atom is -0.478 e. The average molecular weight is 237 g/mol. The molecule has 1 aliphatic rings. The van der Waals surface area contributed by atoms with E-state index in [0.29, 0.717) is 0 Å². The molecule has 0 aliphatic carbocycles. The quantitative estimate of drug-likeness (QED) is 0.760. The lowest BCUT2D eigenvalue weighted by molar-refractivity contribution is 0.0696. The third-order valence-electron chi connectivity index (χ3n) is 1.74. The molecule has 0 aromatic carbocycles. The Hall–Kier alpha value is -1.33. The fourth-order valence-electron chi connectivity index (χ4n) is 1.05. The first-order valence-corrected chi connectivity index (χ1v) is 5.96. The zero-order valence-corrected chi connectivity index (χ0v) is 9.22. The van der Waals surface area contributed by atoms with Gasteiger partial charge in [0.15, 0.2) is 0 Å². The van der Waals surface area contributed by atoms with Gasteiger partial charge in [0.2, 0.25) is 0 Å². The van der Waals surface area contributed by atoms with Crippen molar-refractivity contribution in [3.63, 3.8) is 0 Å². The summed E-state index contributed by atoms with van der Waals surface area (Å²) in [6.07, 6.45) is 3.30. The van der Waals surface area contributed by atoms with Crippen LogP contribution in [-0.4, -0.2) is 26.8 Å². The normalized spacial score (nSPS) is 15.7. The molecule has 0 unspecified atom stereocenters. The molecule has 2 heterocycles. The summed E-state index contributed by atoms with van der Waals surface area (Å²) >= 11 is 1.47. The van der Waals surface area contributed by atoms with Crippen molar-refractivity contribution in [3.8, 4) is 0 Å². The minimum absolute atomic E-state index is 0.220. The van der Waals surface area contributed by atoms with Crippen molar-refractivity contribution in [2.75, 3.05) is 0 Å². The third kappa shape index (κ3) is 2.37. The van der Waals surface area contributed by atoms with Crippen LogP contribution in [-0.2, 0) is 0 Å². The molecule has 0 bridgehead atoms. The van der Waals surface area contributed by atoms with Crippen LogP contribution in [0.1, 0.15) is 16.1 Å². The molecule has 0 fully saturated rings. The Kier molecular flexibility index (Phi) is 3.03. The monoisotopic (exact) mass is 237 g/mol. The first kappa shape index (κ1) is 10.2. The molecular weight excluding hydrogens is 230 g/mol. The number of hydrogen-bond donors (Lipinski definition) is 1. The smallest absolute Gasteiger partial charge is 0.337 e. The lowest BCUT2D eigenvalue weighted by Crippen LogP contribution is -2.00. The number of carboxylic acid groups (broad SMARTS) is 1. The maximum Gasteiger partial charge on any atom is 0.337 e.